The predicted molar refractivity (Wildman–Crippen MR) is 64.1 cm³/mol. The third kappa shape index (κ3) is 1.58. The molecule has 0 radical (unpaired) electrons. The van der Waals surface area contributed by atoms with Gasteiger partial charge in [0, 0.05) is 30.5 Å². The molecule has 0 amide bonds. The van der Waals surface area contributed by atoms with Crippen molar-refractivity contribution in [2.45, 2.75) is 24.6 Å². The fraction of sp³-hybridized carbons (Fsp3) is 0.600. The second-order valence-corrected chi connectivity index (χ2v) is 6.40. The first-order valence-electron chi connectivity index (χ1n) is 5.09. The number of ketones is 1. The third-order valence-electron chi connectivity index (χ3n) is 2.99. The Morgan fingerprint density at radius 3 is 3.07 bits per heavy atom. The van der Waals surface area contributed by atoms with Crippen molar-refractivity contribution in [1.29, 1.82) is 0 Å². The zero-order valence-electron chi connectivity index (χ0n) is 8.47. The smallest absolute Gasteiger partial charge is 0.186 e. The van der Waals surface area contributed by atoms with Gasteiger partial charge < -0.3 is 4.90 Å². The first kappa shape index (κ1) is 9.66. The number of carbonyl (C=O) groups excluding carboxylic acids is 1. The predicted octanol–water partition coefficient (Wildman–Crippen LogP) is 2.04. The minimum atomic E-state index is 0.123. The average molecular weight is 240 g/mol. The SMILES string of the molecule is CC(=O)c1cnc(N2CC3CC2CS3)s1. The van der Waals surface area contributed by atoms with Gasteiger partial charge in [-0.05, 0) is 6.42 Å². The lowest BCUT2D eigenvalue weighted by Gasteiger charge is -2.25. The number of thiazole rings is 1. The summed E-state index contributed by atoms with van der Waals surface area (Å²) >= 11 is 3.61. The van der Waals surface area contributed by atoms with Crippen LogP contribution in [0.1, 0.15) is 23.0 Å². The maximum Gasteiger partial charge on any atom is 0.186 e. The van der Waals surface area contributed by atoms with Crippen molar-refractivity contribution >= 4 is 34.0 Å². The third-order valence-corrected chi connectivity index (χ3v) is 5.51. The van der Waals surface area contributed by atoms with Gasteiger partial charge in [0.25, 0.3) is 0 Å². The number of carbonyl (C=O) groups is 1. The van der Waals surface area contributed by atoms with Gasteiger partial charge in [-0.3, -0.25) is 4.79 Å². The molecule has 5 heteroatoms. The highest BCUT2D eigenvalue weighted by atomic mass is 32.2. The average Bonchev–Trinajstić information content (AvgIpc) is 2.93. The van der Waals surface area contributed by atoms with Gasteiger partial charge in [0.2, 0.25) is 0 Å². The summed E-state index contributed by atoms with van der Waals surface area (Å²) in [4.78, 5) is 18.7. The molecule has 2 aliphatic rings. The van der Waals surface area contributed by atoms with E-state index in [0.29, 0.717) is 6.04 Å². The Kier molecular flexibility index (Phi) is 2.25. The van der Waals surface area contributed by atoms with Crippen LogP contribution >= 0.6 is 23.1 Å². The van der Waals surface area contributed by atoms with Crippen molar-refractivity contribution in [3.8, 4) is 0 Å². The number of Topliss-reactive ketones (excluding diaryl/α,β-unsaturated/α-hetero) is 1. The second-order valence-electron chi connectivity index (χ2n) is 4.06. The number of anilines is 1. The van der Waals surface area contributed by atoms with Crippen LogP contribution in [0.5, 0.6) is 0 Å². The summed E-state index contributed by atoms with van der Waals surface area (Å²) in [6, 6.07) is 0.658. The first-order chi connectivity index (χ1) is 7.24. The molecule has 80 valence electrons. The van der Waals surface area contributed by atoms with Gasteiger partial charge in [-0.25, -0.2) is 4.98 Å². The van der Waals surface area contributed by atoms with E-state index in [2.05, 4.69) is 21.6 Å². The quantitative estimate of drug-likeness (QED) is 0.741. The topological polar surface area (TPSA) is 33.2 Å². The van der Waals surface area contributed by atoms with Gasteiger partial charge >= 0.3 is 0 Å². The highest BCUT2D eigenvalue weighted by Gasteiger charge is 2.39. The molecule has 2 atom stereocenters. The van der Waals surface area contributed by atoms with Crippen LogP contribution in [0.15, 0.2) is 6.20 Å². The highest BCUT2D eigenvalue weighted by Crippen LogP contribution is 2.41. The maximum absolute atomic E-state index is 11.2. The number of hydrogen-bond acceptors (Lipinski definition) is 5. The molecule has 0 aliphatic carbocycles. The van der Waals surface area contributed by atoms with Crippen LogP contribution in [0.2, 0.25) is 0 Å². The summed E-state index contributed by atoms with van der Waals surface area (Å²) in [5.74, 6) is 1.34. The van der Waals surface area contributed by atoms with Crippen molar-refractivity contribution < 1.29 is 4.79 Å². The van der Waals surface area contributed by atoms with Crippen LogP contribution in [-0.4, -0.2) is 34.4 Å². The van der Waals surface area contributed by atoms with E-state index >= 15 is 0 Å². The second kappa shape index (κ2) is 3.49. The molecule has 2 unspecified atom stereocenters. The van der Waals surface area contributed by atoms with E-state index in [0.717, 1.165) is 21.8 Å². The minimum absolute atomic E-state index is 0.123. The molecule has 0 saturated carbocycles. The van der Waals surface area contributed by atoms with Crippen LogP contribution in [-0.2, 0) is 0 Å². The van der Waals surface area contributed by atoms with E-state index in [1.165, 1.54) is 23.5 Å². The Morgan fingerprint density at radius 2 is 2.53 bits per heavy atom. The minimum Gasteiger partial charge on any atom is -0.343 e. The number of hydrogen-bond donors (Lipinski definition) is 0. The normalized spacial score (nSPS) is 28.7. The van der Waals surface area contributed by atoms with E-state index in [-0.39, 0.29) is 5.78 Å². The molecule has 1 aromatic rings. The molecule has 2 fully saturated rings. The Bertz CT molecular complexity index is 404. The molecule has 3 nitrogen and oxygen atoms in total. The van der Waals surface area contributed by atoms with Gasteiger partial charge in [-0.2, -0.15) is 11.8 Å². The van der Waals surface area contributed by atoms with E-state index in [9.17, 15) is 4.79 Å². The zero-order chi connectivity index (χ0) is 10.4. The molecule has 2 bridgehead atoms. The molecule has 2 aliphatic heterocycles. The lowest BCUT2D eigenvalue weighted by atomic mass is 10.2. The van der Waals surface area contributed by atoms with Crippen molar-refractivity contribution in [2.24, 2.45) is 0 Å². The van der Waals surface area contributed by atoms with E-state index in [4.69, 9.17) is 0 Å². The molecular formula is C10H12N2OS2. The van der Waals surface area contributed by atoms with Crippen LogP contribution in [0.4, 0.5) is 5.13 Å². The number of aromatic nitrogens is 1. The van der Waals surface area contributed by atoms with E-state index < -0.39 is 0 Å². The number of nitrogens with zero attached hydrogens (tertiary/aromatic N) is 2. The largest absolute Gasteiger partial charge is 0.343 e. The first-order valence-corrected chi connectivity index (χ1v) is 6.95. The number of rotatable bonds is 2. The molecule has 0 N–H and O–H groups in total. The fourth-order valence-corrected chi connectivity index (χ4v) is 4.52. The zero-order valence-corrected chi connectivity index (χ0v) is 10.1. The highest BCUT2D eigenvalue weighted by molar-refractivity contribution is 8.00. The molecule has 1 aromatic heterocycles. The number of fused-ring (bicyclic) bond motifs is 2. The van der Waals surface area contributed by atoms with Gasteiger partial charge in [0.1, 0.15) is 0 Å². The van der Waals surface area contributed by atoms with Gasteiger partial charge in [0.05, 0.1) is 11.1 Å². The Balaban J connectivity index is 1.84. The Hall–Kier alpha value is -0.550. The van der Waals surface area contributed by atoms with Crippen molar-refractivity contribution in [2.75, 3.05) is 17.2 Å². The molecule has 0 aromatic carbocycles. The molecule has 15 heavy (non-hydrogen) atoms. The monoisotopic (exact) mass is 240 g/mol. The van der Waals surface area contributed by atoms with Gasteiger partial charge in [0.15, 0.2) is 10.9 Å². The van der Waals surface area contributed by atoms with Crippen LogP contribution in [0.25, 0.3) is 0 Å². The maximum atomic E-state index is 11.2. The molecular weight excluding hydrogens is 228 g/mol. The molecule has 2 saturated heterocycles. The van der Waals surface area contributed by atoms with Crippen molar-refractivity contribution in [1.82, 2.24) is 4.98 Å². The Labute approximate surface area is 96.9 Å². The lowest BCUT2D eigenvalue weighted by molar-refractivity contribution is 0.102. The van der Waals surface area contributed by atoms with Crippen LogP contribution < -0.4 is 4.90 Å². The van der Waals surface area contributed by atoms with E-state index in [1.807, 2.05) is 0 Å². The summed E-state index contributed by atoms with van der Waals surface area (Å²) in [7, 11) is 0. The molecule has 0 spiro atoms. The lowest BCUT2D eigenvalue weighted by Crippen LogP contribution is -2.33. The van der Waals surface area contributed by atoms with E-state index in [1.54, 1.807) is 13.1 Å². The fourth-order valence-electron chi connectivity index (χ4n) is 2.19. The summed E-state index contributed by atoms with van der Waals surface area (Å²) < 4.78 is 0. The van der Waals surface area contributed by atoms with Gasteiger partial charge in [-0.15, -0.1) is 0 Å². The summed E-state index contributed by atoms with van der Waals surface area (Å²) in [6.45, 7) is 2.71. The molecule has 3 rings (SSSR count). The summed E-state index contributed by atoms with van der Waals surface area (Å²) in [6.07, 6.45) is 3.00. The van der Waals surface area contributed by atoms with Crippen LogP contribution in [0, 0.1) is 0 Å². The van der Waals surface area contributed by atoms with Crippen molar-refractivity contribution in [3.63, 3.8) is 0 Å². The van der Waals surface area contributed by atoms with Crippen LogP contribution in [0.3, 0.4) is 0 Å². The Morgan fingerprint density at radius 1 is 1.67 bits per heavy atom. The van der Waals surface area contributed by atoms with Gasteiger partial charge in [-0.1, -0.05) is 11.3 Å². The molecule has 3 heterocycles. The standard InChI is InChI=1S/C10H12N2OS2/c1-6(13)9-3-11-10(15-9)12-4-8-2-7(12)5-14-8/h3,7-8H,2,4-5H2,1H3. The summed E-state index contributed by atoms with van der Waals surface area (Å²) in [5.41, 5.74) is 0. The summed E-state index contributed by atoms with van der Waals surface area (Å²) in [5, 5.41) is 1.83. The van der Waals surface area contributed by atoms with Crippen molar-refractivity contribution in [3.05, 3.63) is 11.1 Å². The number of thioether (sulfide) groups is 1.